The third-order valence-corrected chi connectivity index (χ3v) is 5.38. The topological polar surface area (TPSA) is 46.7 Å². The Morgan fingerprint density at radius 1 is 1.23 bits per heavy atom. The van der Waals surface area contributed by atoms with Gasteiger partial charge in [-0.15, -0.1) is 11.8 Å². The van der Waals surface area contributed by atoms with Crippen molar-refractivity contribution >= 4 is 23.6 Å². The highest BCUT2D eigenvalue weighted by Crippen LogP contribution is 2.23. The Balaban J connectivity index is 2.07. The highest BCUT2D eigenvalue weighted by atomic mass is 32.2. The average molecular weight is 366 g/mol. The number of aliphatic imine (C=N–C) groups is 1. The van der Waals surface area contributed by atoms with Crippen molar-refractivity contribution in [2.45, 2.75) is 44.0 Å². The van der Waals surface area contributed by atoms with Gasteiger partial charge in [-0.3, -0.25) is 14.2 Å². The lowest BCUT2D eigenvalue weighted by Gasteiger charge is -2.10. The van der Waals surface area contributed by atoms with Gasteiger partial charge in [0.2, 0.25) is 0 Å². The number of pyridine rings is 1. The van der Waals surface area contributed by atoms with Gasteiger partial charge < -0.3 is 0 Å². The summed E-state index contributed by atoms with van der Waals surface area (Å²) in [5.41, 5.74) is 3.38. The van der Waals surface area contributed by atoms with Crippen LogP contribution in [0, 0.1) is 6.92 Å². The summed E-state index contributed by atoms with van der Waals surface area (Å²) < 4.78 is 1.61. The molecule has 0 aliphatic rings. The van der Waals surface area contributed by atoms with Gasteiger partial charge in [-0.05, 0) is 37.5 Å². The average Bonchev–Trinajstić information content (AvgIpc) is 2.67. The van der Waals surface area contributed by atoms with Crippen LogP contribution in [-0.4, -0.2) is 21.6 Å². The molecule has 134 valence electrons. The van der Waals surface area contributed by atoms with Crippen LogP contribution in [0.2, 0.25) is 0 Å². The Kier molecular flexibility index (Phi) is 5.89. The van der Waals surface area contributed by atoms with Crippen LogP contribution in [0.1, 0.15) is 37.0 Å². The van der Waals surface area contributed by atoms with E-state index in [1.165, 1.54) is 5.56 Å². The van der Waals surface area contributed by atoms with Gasteiger partial charge in [-0.1, -0.05) is 43.3 Å². The van der Waals surface area contributed by atoms with E-state index in [-0.39, 0.29) is 11.6 Å². The van der Waals surface area contributed by atoms with Crippen molar-refractivity contribution in [3.63, 3.8) is 0 Å². The molecule has 0 fully saturated rings. The fourth-order valence-electron chi connectivity index (χ4n) is 2.55. The van der Waals surface area contributed by atoms with E-state index in [2.05, 4.69) is 24.0 Å². The Hall–Kier alpha value is -2.40. The summed E-state index contributed by atoms with van der Waals surface area (Å²) >= 11 is 1.58. The van der Waals surface area contributed by atoms with Gasteiger partial charge >= 0.3 is 0 Å². The number of hydrogen-bond acceptors (Lipinski definition) is 4. The number of rotatable bonds is 6. The van der Waals surface area contributed by atoms with Gasteiger partial charge in [0, 0.05) is 24.2 Å². The summed E-state index contributed by atoms with van der Waals surface area (Å²) in [5, 5.41) is 0.736. The fraction of sp³-hybridized carbons (Fsp3) is 0.286. The van der Waals surface area contributed by atoms with Crippen molar-refractivity contribution in [1.82, 2.24) is 9.38 Å². The molecule has 0 saturated heterocycles. The fourth-order valence-corrected chi connectivity index (χ4v) is 3.49. The molecule has 0 aliphatic carbocycles. The summed E-state index contributed by atoms with van der Waals surface area (Å²) in [6.07, 6.45) is 4.40. The van der Waals surface area contributed by atoms with Crippen LogP contribution < -0.4 is 5.56 Å². The van der Waals surface area contributed by atoms with E-state index in [1.54, 1.807) is 28.6 Å². The molecule has 0 radical (unpaired) electrons. The largest absolute Gasteiger partial charge is 0.289 e. The Morgan fingerprint density at radius 3 is 2.73 bits per heavy atom. The summed E-state index contributed by atoms with van der Waals surface area (Å²) in [6.45, 7) is 6.10. The van der Waals surface area contributed by atoms with Gasteiger partial charge in [-0.2, -0.15) is 0 Å². The molecule has 0 bridgehead atoms. The second-order valence-corrected chi connectivity index (χ2v) is 7.29. The zero-order chi connectivity index (χ0) is 18.5. The number of benzene rings is 1. The molecule has 0 saturated carbocycles. The number of hydrogen-bond donors (Lipinski definition) is 0. The van der Waals surface area contributed by atoms with Gasteiger partial charge in [0.25, 0.3) is 5.56 Å². The van der Waals surface area contributed by atoms with Gasteiger partial charge in [0.05, 0.1) is 5.56 Å². The molecular weight excluding hydrogens is 342 g/mol. The molecule has 2 heterocycles. The van der Waals surface area contributed by atoms with E-state index >= 15 is 0 Å². The second-order valence-electron chi connectivity index (χ2n) is 6.33. The molecule has 1 atom stereocenters. The van der Waals surface area contributed by atoms with E-state index in [1.807, 2.05) is 44.2 Å². The maximum atomic E-state index is 13.0. The van der Waals surface area contributed by atoms with Crippen molar-refractivity contribution in [3.05, 3.63) is 75.7 Å². The third kappa shape index (κ3) is 4.05. The normalized spacial score (nSPS) is 12.7. The van der Waals surface area contributed by atoms with Crippen molar-refractivity contribution in [3.8, 4) is 0 Å². The molecule has 0 spiro atoms. The molecule has 0 aliphatic heterocycles. The Bertz CT molecular complexity index is 980. The quantitative estimate of drug-likeness (QED) is 0.367. The number of fused-ring (bicyclic) bond motifs is 1. The molecule has 0 amide bonds. The Labute approximate surface area is 158 Å². The van der Waals surface area contributed by atoms with E-state index in [4.69, 9.17) is 4.98 Å². The van der Waals surface area contributed by atoms with Gasteiger partial charge in [0.1, 0.15) is 10.7 Å². The maximum Gasteiger partial charge on any atom is 0.267 e. The zero-order valence-corrected chi connectivity index (χ0v) is 16.2. The molecule has 5 heteroatoms. The Morgan fingerprint density at radius 2 is 2.00 bits per heavy atom. The predicted octanol–water partition coefficient (Wildman–Crippen LogP) is 4.51. The highest BCUT2D eigenvalue weighted by molar-refractivity contribution is 7.98. The molecular formula is C21H23N3OS. The predicted molar refractivity (Wildman–Crippen MR) is 110 cm³/mol. The molecule has 2 aromatic heterocycles. The van der Waals surface area contributed by atoms with Crippen LogP contribution in [0.25, 0.3) is 5.65 Å². The lowest BCUT2D eigenvalue weighted by molar-refractivity contribution is 0.720. The number of aromatic nitrogens is 2. The van der Waals surface area contributed by atoms with E-state index in [0.29, 0.717) is 11.2 Å². The summed E-state index contributed by atoms with van der Waals surface area (Å²) in [6, 6.07) is 14.2. The lowest BCUT2D eigenvalue weighted by Crippen LogP contribution is -2.21. The molecule has 0 N–H and O–H groups in total. The summed E-state index contributed by atoms with van der Waals surface area (Å²) in [7, 11) is 0. The molecule has 3 rings (SSSR count). The van der Waals surface area contributed by atoms with Crippen LogP contribution in [0.4, 0.5) is 0 Å². The summed E-state index contributed by atoms with van der Waals surface area (Å²) in [4.78, 5) is 22.3. The van der Waals surface area contributed by atoms with E-state index in [0.717, 1.165) is 22.8 Å². The minimum absolute atomic E-state index is 0.0682. The minimum Gasteiger partial charge on any atom is -0.289 e. The molecule has 4 nitrogen and oxygen atoms in total. The first kappa shape index (κ1) is 18.4. The third-order valence-electron chi connectivity index (χ3n) is 4.32. The minimum atomic E-state index is -0.0682. The first-order valence-electron chi connectivity index (χ1n) is 8.82. The highest BCUT2D eigenvalue weighted by Gasteiger charge is 2.13. The van der Waals surface area contributed by atoms with Crippen LogP contribution in [0.3, 0.4) is 0 Å². The van der Waals surface area contributed by atoms with Crippen molar-refractivity contribution in [2.75, 3.05) is 0 Å². The number of nitrogens with zero attached hydrogens (tertiary/aromatic N) is 3. The number of thioether (sulfide) groups is 1. The monoisotopic (exact) mass is 365 g/mol. The maximum absolute atomic E-state index is 13.0. The second kappa shape index (κ2) is 8.32. The van der Waals surface area contributed by atoms with E-state index < -0.39 is 0 Å². The molecule has 3 aromatic rings. The van der Waals surface area contributed by atoms with Crippen molar-refractivity contribution in [1.29, 1.82) is 0 Å². The molecule has 26 heavy (non-hydrogen) atoms. The van der Waals surface area contributed by atoms with Crippen LogP contribution in [0.15, 0.2) is 63.5 Å². The van der Waals surface area contributed by atoms with Crippen molar-refractivity contribution in [2.24, 2.45) is 4.99 Å². The SMILES string of the molecule is CC[C@H](C)N=Cc1c(SCc2ccccc2)nc2c(C)cccn2c1=O. The van der Waals surface area contributed by atoms with Crippen molar-refractivity contribution < 1.29 is 0 Å². The van der Waals surface area contributed by atoms with Gasteiger partial charge in [0.15, 0.2) is 0 Å². The molecule has 1 aromatic carbocycles. The van der Waals surface area contributed by atoms with Crippen LogP contribution in [0.5, 0.6) is 0 Å². The van der Waals surface area contributed by atoms with Gasteiger partial charge in [-0.25, -0.2) is 4.98 Å². The molecule has 0 unspecified atom stereocenters. The summed E-state index contributed by atoms with van der Waals surface area (Å²) in [5.74, 6) is 0.763. The smallest absolute Gasteiger partial charge is 0.267 e. The zero-order valence-electron chi connectivity index (χ0n) is 15.3. The lowest BCUT2D eigenvalue weighted by atomic mass is 10.2. The first-order chi connectivity index (χ1) is 12.6. The first-order valence-corrected chi connectivity index (χ1v) is 9.80. The standard InChI is InChI=1S/C21H23N3OS/c1-4-16(3)22-13-18-20(26-14-17-10-6-5-7-11-17)23-19-15(2)9-8-12-24(19)21(18)25/h5-13,16H,4,14H2,1-3H3/t16-/m0/s1. The van der Waals surface area contributed by atoms with Crippen LogP contribution in [-0.2, 0) is 5.75 Å². The van der Waals surface area contributed by atoms with Crippen LogP contribution >= 0.6 is 11.8 Å². The van der Waals surface area contributed by atoms with E-state index in [9.17, 15) is 4.79 Å². The number of aryl methyl sites for hydroxylation is 1.